The predicted octanol–water partition coefficient (Wildman–Crippen LogP) is 0.950. The van der Waals surface area contributed by atoms with Crippen molar-refractivity contribution in [2.75, 3.05) is 13.7 Å². The Bertz CT molecular complexity index is 352. The number of carbonyl (C=O) groups is 1. The SMILES string of the molecule is COCC(C)(C)NC(=O)CCc1cnccn1. The van der Waals surface area contributed by atoms with Gasteiger partial charge in [-0.15, -0.1) is 0 Å². The first kappa shape index (κ1) is 13.6. The number of amides is 1. The quantitative estimate of drug-likeness (QED) is 0.800. The van der Waals surface area contributed by atoms with Crippen molar-refractivity contribution in [3.05, 3.63) is 24.3 Å². The lowest BCUT2D eigenvalue weighted by Gasteiger charge is -2.25. The predicted molar refractivity (Wildman–Crippen MR) is 64.5 cm³/mol. The Morgan fingerprint density at radius 1 is 1.47 bits per heavy atom. The van der Waals surface area contributed by atoms with E-state index in [2.05, 4.69) is 15.3 Å². The van der Waals surface area contributed by atoms with Gasteiger partial charge in [-0.2, -0.15) is 0 Å². The normalized spacial score (nSPS) is 11.2. The Morgan fingerprint density at radius 3 is 2.82 bits per heavy atom. The van der Waals surface area contributed by atoms with Gasteiger partial charge in [-0.05, 0) is 20.3 Å². The summed E-state index contributed by atoms with van der Waals surface area (Å²) in [5.41, 5.74) is 0.487. The number of rotatable bonds is 6. The molecule has 94 valence electrons. The summed E-state index contributed by atoms with van der Waals surface area (Å²) in [7, 11) is 1.62. The molecule has 0 saturated carbocycles. The molecule has 5 heteroatoms. The van der Waals surface area contributed by atoms with Crippen LogP contribution in [0.1, 0.15) is 26.0 Å². The van der Waals surface area contributed by atoms with Crippen LogP contribution in [0.25, 0.3) is 0 Å². The summed E-state index contributed by atoms with van der Waals surface area (Å²) < 4.78 is 5.03. The largest absolute Gasteiger partial charge is 0.382 e. The van der Waals surface area contributed by atoms with Crippen LogP contribution >= 0.6 is 0 Å². The van der Waals surface area contributed by atoms with Gasteiger partial charge in [0.1, 0.15) is 0 Å². The van der Waals surface area contributed by atoms with Crippen molar-refractivity contribution < 1.29 is 9.53 Å². The van der Waals surface area contributed by atoms with Gasteiger partial charge in [0.2, 0.25) is 5.91 Å². The van der Waals surface area contributed by atoms with Crippen LogP contribution < -0.4 is 5.32 Å². The highest BCUT2D eigenvalue weighted by atomic mass is 16.5. The summed E-state index contributed by atoms with van der Waals surface area (Å²) >= 11 is 0. The fraction of sp³-hybridized carbons (Fsp3) is 0.583. The third-order valence-corrected chi connectivity index (χ3v) is 2.21. The van der Waals surface area contributed by atoms with Crippen molar-refractivity contribution >= 4 is 5.91 Å². The van der Waals surface area contributed by atoms with Crippen LogP contribution in [0.3, 0.4) is 0 Å². The van der Waals surface area contributed by atoms with Crippen LogP contribution in [0.4, 0.5) is 0 Å². The van der Waals surface area contributed by atoms with Crippen molar-refractivity contribution in [3.8, 4) is 0 Å². The van der Waals surface area contributed by atoms with Crippen LogP contribution in [-0.4, -0.2) is 35.1 Å². The molecule has 0 aliphatic carbocycles. The molecule has 5 nitrogen and oxygen atoms in total. The molecule has 0 bridgehead atoms. The van der Waals surface area contributed by atoms with E-state index in [0.717, 1.165) is 5.69 Å². The number of hydrogen-bond acceptors (Lipinski definition) is 4. The molecule has 0 aromatic carbocycles. The molecule has 0 aliphatic rings. The Kier molecular flexibility index (Phi) is 5.03. The fourth-order valence-corrected chi connectivity index (χ4v) is 1.54. The van der Waals surface area contributed by atoms with E-state index in [9.17, 15) is 4.79 Å². The molecule has 0 radical (unpaired) electrons. The van der Waals surface area contributed by atoms with Gasteiger partial charge in [0, 0.05) is 32.1 Å². The molecule has 1 aromatic heterocycles. The zero-order valence-corrected chi connectivity index (χ0v) is 10.6. The average Bonchev–Trinajstić information content (AvgIpc) is 2.27. The minimum absolute atomic E-state index is 0.00213. The second-order valence-electron chi connectivity index (χ2n) is 4.56. The highest BCUT2D eigenvalue weighted by molar-refractivity contribution is 5.76. The molecule has 1 N–H and O–H groups in total. The van der Waals surface area contributed by atoms with Gasteiger partial charge in [-0.1, -0.05) is 0 Å². The number of aryl methyl sites for hydroxylation is 1. The summed E-state index contributed by atoms with van der Waals surface area (Å²) in [4.78, 5) is 19.8. The molecule has 0 saturated heterocycles. The molecule has 0 spiro atoms. The maximum atomic E-state index is 11.7. The van der Waals surface area contributed by atoms with Gasteiger partial charge in [0.25, 0.3) is 0 Å². The highest BCUT2D eigenvalue weighted by Crippen LogP contribution is 2.04. The molecule has 1 aromatic rings. The van der Waals surface area contributed by atoms with E-state index in [1.54, 1.807) is 25.7 Å². The summed E-state index contributed by atoms with van der Waals surface area (Å²) in [6.45, 7) is 4.34. The van der Waals surface area contributed by atoms with E-state index in [1.807, 2.05) is 13.8 Å². The van der Waals surface area contributed by atoms with Crippen LogP contribution in [0.5, 0.6) is 0 Å². The van der Waals surface area contributed by atoms with E-state index in [0.29, 0.717) is 19.4 Å². The smallest absolute Gasteiger partial charge is 0.220 e. The maximum Gasteiger partial charge on any atom is 0.220 e. The lowest BCUT2D eigenvalue weighted by atomic mass is 10.1. The molecule has 1 rings (SSSR count). The first-order valence-corrected chi connectivity index (χ1v) is 5.58. The first-order chi connectivity index (χ1) is 8.03. The molecule has 1 amide bonds. The Morgan fingerprint density at radius 2 is 2.24 bits per heavy atom. The number of methoxy groups -OCH3 is 1. The molecule has 17 heavy (non-hydrogen) atoms. The molecular formula is C12H19N3O2. The standard InChI is InChI=1S/C12H19N3O2/c1-12(2,9-17-3)15-11(16)5-4-10-8-13-6-7-14-10/h6-8H,4-5,9H2,1-3H3,(H,15,16). The van der Waals surface area contributed by atoms with Crippen LogP contribution in [0, 0.1) is 0 Å². The Balaban J connectivity index is 2.35. The third kappa shape index (κ3) is 5.40. The summed E-state index contributed by atoms with van der Waals surface area (Å²) in [6.07, 6.45) is 5.93. The van der Waals surface area contributed by atoms with E-state index in [-0.39, 0.29) is 11.4 Å². The van der Waals surface area contributed by atoms with Crippen LogP contribution in [0.2, 0.25) is 0 Å². The fourth-order valence-electron chi connectivity index (χ4n) is 1.54. The minimum atomic E-state index is -0.339. The number of hydrogen-bond donors (Lipinski definition) is 1. The zero-order chi connectivity index (χ0) is 12.7. The summed E-state index contributed by atoms with van der Waals surface area (Å²) in [5, 5.41) is 2.92. The number of ether oxygens (including phenoxy) is 1. The van der Waals surface area contributed by atoms with Crippen molar-refractivity contribution in [1.82, 2.24) is 15.3 Å². The highest BCUT2D eigenvalue weighted by Gasteiger charge is 2.19. The second kappa shape index (κ2) is 6.30. The second-order valence-corrected chi connectivity index (χ2v) is 4.56. The van der Waals surface area contributed by atoms with E-state index >= 15 is 0 Å². The number of aromatic nitrogens is 2. The van der Waals surface area contributed by atoms with Crippen molar-refractivity contribution in [2.45, 2.75) is 32.2 Å². The molecule has 0 fully saturated rings. The zero-order valence-electron chi connectivity index (χ0n) is 10.6. The van der Waals surface area contributed by atoms with E-state index in [1.165, 1.54) is 0 Å². The molecular weight excluding hydrogens is 218 g/mol. The molecule has 0 aliphatic heterocycles. The number of carbonyl (C=O) groups excluding carboxylic acids is 1. The van der Waals surface area contributed by atoms with Crippen molar-refractivity contribution in [3.63, 3.8) is 0 Å². The lowest BCUT2D eigenvalue weighted by Crippen LogP contribution is -2.46. The summed E-state index contributed by atoms with van der Waals surface area (Å²) in [6, 6.07) is 0. The van der Waals surface area contributed by atoms with Gasteiger partial charge >= 0.3 is 0 Å². The summed E-state index contributed by atoms with van der Waals surface area (Å²) in [5.74, 6) is -0.00213. The minimum Gasteiger partial charge on any atom is -0.382 e. The number of nitrogens with zero attached hydrogens (tertiary/aromatic N) is 2. The van der Waals surface area contributed by atoms with Crippen LogP contribution in [-0.2, 0) is 16.0 Å². The monoisotopic (exact) mass is 237 g/mol. The van der Waals surface area contributed by atoms with Gasteiger partial charge < -0.3 is 10.1 Å². The molecule has 0 atom stereocenters. The van der Waals surface area contributed by atoms with Crippen molar-refractivity contribution in [1.29, 1.82) is 0 Å². The van der Waals surface area contributed by atoms with Crippen molar-refractivity contribution in [2.24, 2.45) is 0 Å². The lowest BCUT2D eigenvalue weighted by molar-refractivity contribution is -0.123. The Hall–Kier alpha value is -1.49. The molecule has 1 heterocycles. The maximum absolute atomic E-state index is 11.7. The average molecular weight is 237 g/mol. The van der Waals surface area contributed by atoms with Gasteiger partial charge in [0.05, 0.1) is 17.8 Å². The van der Waals surface area contributed by atoms with E-state index in [4.69, 9.17) is 4.74 Å². The Labute approximate surface area is 102 Å². The van der Waals surface area contributed by atoms with Gasteiger partial charge in [-0.3, -0.25) is 14.8 Å². The first-order valence-electron chi connectivity index (χ1n) is 5.58. The van der Waals surface area contributed by atoms with Gasteiger partial charge in [0.15, 0.2) is 0 Å². The van der Waals surface area contributed by atoms with E-state index < -0.39 is 0 Å². The molecule has 0 unspecified atom stereocenters. The topological polar surface area (TPSA) is 64.1 Å². The van der Waals surface area contributed by atoms with Gasteiger partial charge in [-0.25, -0.2) is 0 Å². The number of nitrogens with one attached hydrogen (secondary N) is 1. The third-order valence-electron chi connectivity index (χ3n) is 2.21. The van der Waals surface area contributed by atoms with Crippen LogP contribution in [0.15, 0.2) is 18.6 Å².